The van der Waals surface area contributed by atoms with Crippen LogP contribution in [-0.2, 0) is 13.3 Å². The van der Waals surface area contributed by atoms with Gasteiger partial charge in [0.15, 0.2) is 0 Å². The first-order valence-electron chi connectivity index (χ1n) is 7.76. The van der Waals surface area contributed by atoms with Crippen molar-refractivity contribution in [3.05, 3.63) is 11.3 Å². The first kappa shape index (κ1) is 19.6. The maximum Gasteiger partial charge on any atom is 0.501 e. The second-order valence-electron chi connectivity index (χ2n) is 5.39. The highest BCUT2D eigenvalue weighted by Gasteiger charge is 2.39. The predicted octanol–water partition coefficient (Wildman–Crippen LogP) is 3.70. The lowest BCUT2D eigenvalue weighted by Gasteiger charge is -2.28. The lowest BCUT2D eigenvalue weighted by molar-refractivity contribution is 0.0713. The summed E-state index contributed by atoms with van der Waals surface area (Å²) < 4.78 is 17.5. The Hall–Kier alpha value is -0.363. The fourth-order valence-corrected chi connectivity index (χ4v) is 4.82. The third-order valence-corrected chi connectivity index (χ3v) is 6.10. The highest BCUT2D eigenvalue weighted by Crippen LogP contribution is 2.22. The Morgan fingerprint density at radius 1 is 1.00 bits per heavy atom. The fourth-order valence-electron chi connectivity index (χ4n) is 2.25. The Morgan fingerprint density at radius 3 is 1.80 bits per heavy atom. The first-order chi connectivity index (χ1) is 9.40. The highest BCUT2D eigenvalue weighted by molar-refractivity contribution is 6.60. The van der Waals surface area contributed by atoms with Crippen molar-refractivity contribution in [1.29, 1.82) is 0 Å². The molecule has 0 atom stereocenters. The lowest BCUT2D eigenvalue weighted by Crippen LogP contribution is -2.46. The molecule has 4 nitrogen and oxygen atoms in total. The molecule has 0 fully saturated rings. The van der Waals surface area contributed by atoms with Gasteiger partial charge in [-0.2, -0.15) is 0 Å². The molecule has 0 radical (unpaired) electrons. The minimum absolute atomic E-state index is 0.612. The summed E-state index contributed by atoms with van der Waals surface area (Å²) in [6.45, 7) is 14.3. The van der Waals surface area contributed by atoms with Crippen LogP contribution in [0.25, 0.3) is 0 Å². The zero-order valence-electron chi connectivity index (χ0n) is 14.1. The second-order valence-corrected chi connectivity index (χ2v) is 8.12. The van der Waals surface area contributed by atoms with Crippen molar-refractivity contribution in [1.82, 2.24) is 0 Å². The molecular weight excluding hydrogens is 270 g/mol. The molecule has 0 aliphatic carbocycles. The monoisotopic (exact) mass is 303 g/mol. The van der Waals surface area contributed by atoms with Gasteiger partial charge in [0.2, 0.25) is 0 Å². The normalized spacial score (nSPS) is 13.8. The van der Waals surface area contributed by atoms with E-state index in [9.17, 15) is 0 Å². The van der Waals surface area contributed by atoms with Crippen LogP contribution in [0.1, 0.15) is 54.4 Å². The van der Waals surface area contributed by atoms with Crippen LogP contribution < -0.4 is 5.73 Å². The molecule has 0 heterocycles. The van der Waals surface area contributed by atoms with Crippen molar-refractivity contribution in [2.45, 2.75) is 60.4 Å². The maximum absolute atomic E-state index is 6.20. The molecule has 120 valence electrons. The summed E-state index contributed by atoms with van der Waals surface area (Å²) >= 11 is 0. The van der Waals surface area contributed by atoms with Gasteiger partial charge < -0.3 is 19.0 Å². The third-order valence-electron chi connectivity index (χ3n) is 3.06. The van der Waals surface area contributed by atoms with E-state index in [2.05, 4.69) is 20.8 Å². The minimum atomic E-state index is -2.56. The Balaban J connectivity index is 4.73. The zero-order chi connectivity index (χ0) is 15.6. The van der Waals surface area contributed by atoms with Crippen LogP contribution in [0.5, 0.6) is 0 Å². The van der Waals surface area contributed by atoms with Gasteiger partial charge in [-0.3, -0.25) is 0 Å². The number of allylic oxidation sites excluding steroid dienone is 2. The largest absolute Gasteiger partial charge is 0.501 e. The Kier molecular flexibility index (Phi) is 10.2. The lowest BCUT2D eigenvalue weighted by atomic mass is 10.0. The van der Waals surface area contributed by atoms with Crippen molar-refractivity contribution >= 4 is 8.80 Å². The van der Waals surface area contributed by atoms with E-state index in [4.69, 9.17) is 19.0 Å². The smallest absolute Gasteiger partial charge is 0.402 e. The number of nitrogens with two attached hydrogens (primary N) is 1. The van der Waals surface area contributed by atoms with E-state index >= 15 is 0 Å². The summed E-state index contributed by atoms with van der Waals surface area (Å²) in [7, 11) is -2.56. The highest BCUT2D eigenvalue weighted by atomic mass is 28.4. The first-order valence-corrected chi connectivity index (χ1v) is 9.69. The number of hydrogen-bond donors (Lipinski definition) is 1. The molecule has 0 aliphatic heterocycles. The van der Waals surface area contributed by atoms with Crippen molar-refractivity contribution in [2.75, 3.05) is 19.8 Å². The predicted molar refractivity (Wildman–Crippen MR) is 86.4 cm³/mol. The molecular formula is C15H33NO3Si. The Labute approximate surface area is 126 Å². The molecule has 0 spiro atoms. The molecule has 0 aromatic rings. The number of hydrogen-bond acceptors (Lipinski definition) is 4. The SMILES string of the molecule is CCO[Si](CC/C(N)=C(\C)CC(C)C)(OCC)OCC. The van der Waals surface area contributed by atoms with Crippen LogP contribution in [0.3, 0.4) is 0 Å². The average molecular weight is 304 g/mol. The van der Waals surface area contributed by atoms with Gasteiger partial charge in [-0.25, -0.2) is 0 Å². The zero-order valence-corrected chi connectivity index (χ0v) is 15.1. The summed E-state index contributed by atoms with van der Waals surface area (Å²) in [5.41, 5.74) is 8.42. The van der Waals surface area contributed by atoms with Crippen LogP contribution in [0.4, 0.5) is 0 Å². The van der Waals surface area contributed by atoms with Crippen LogP contribution in [0, 0.1) is 5.92 Å². The topological polar surface area (TPSA) is 53.7 Å². The second kappa shape index (κ2) is 10.4. The Bertz CT molecular complexity index is 276. The molecule has 20 heavy (non-hydrogen) atoms. The van der Waals surface area contributed by atoms with Gasteiger partial charge >= 0.3 is 8.80 Å². The molecule has 0 amide bonds. The molecule has 2 N–H and O–H groups in total. The van der Waals surface area contributed by atoms with Crippen molar-refractivity contribution in [3.8, 4) is 0 Å². The van der Waals surface area contributed by atoms with Crippen molar-refractivity contribution < 1.29 is 13.3 Å². The third kappa shape index (κ3) is 7.43. The van der Waals surface area contributed by atoms with E-state index in [1.807, 2.05) is 20.8 Å². The molecule has 5 heteroatoms. The van der Waals surface area contributed by atoms with Gasteiger partial charge in [0.05, 0.1) is 0 Å². The summed E-state index contributed by atoms with van der Waals surface area (Å²) in [5.74, 6) is 0.626. The summed E-state index contributed by atoms with van der Waals surface area (Å²) in [5, 5.41) is 0. The van der Waals surface area contributed by atoms with Gasteiger partial charge in [0.1, 0.15) is 0 Å². The molecule has 0 aromatic heterocycles. The minimum Gasteiger partial charge on any atom is -0.402 e. The molecule has 0 saturated heterocycles. The summed E-state index contributed by atoms with van der Waals surface area (Å²) in [6, 6.07) is 0.754. The molecule has 0 bridgehead atoms. The van der Waals surface area contributed by atoms with Crippen molar-refractivity contribution in [2.24, 2.45) is 11.7 Å². The van der Waals surface area contributed by atoms with Crippen LogP contribution >= 0.6 is 0 Å². The Morgan fingerprint density at radius 2 is 1.45 bits per heavy atom. The molecule has 0 unspecified atom stereocenters. The average Bonchev–Trinajstić information content (AvgIpc) is 2.36. The van der Waals surface area contributed by atoms with E-state index in [1.165, 1.54) is 5.57 Å². The van der Waals surface area contributed by atoms with Gasteiger partial charge in [-0.1, -0.05) is 19.4 Å². The number of rotatable bonds is 11. The van der Waals surface area contributed by atoms with E-state index < -0.39 is 8.80 Å². The van der Waals surface area contributed by atoms with Crippen LogP contribution in [0.15, 0.2) is 11.3 Å². The van der Waals surface area contributed by atoms with Crippen LogP contribution in [0.2, 0.25) is 6.04 Å². The van der Waals surface area contributed by atoms with Gasteiger partial charge in [0.25, 0.3) is 0 Å². The maximum atomic E-state index is 6.20. The van der Waals surface area contributed by atoms with Crippen LogP contribution in [-0.4, -0.2) is 28.6 Å². The van der Waals surface area contributed by atoms with Gasteiger partial charge in [-0.15, -0.1) is 0 Å². The summed E-state index contributed by atoms with van der Waals surface area (Å²) in [6.07, 6.45) is 1.82. The molecule has 0 rings (SSSR count). The van der Waals surface area contributed by atoms with Gasteiger partial charge in [0, 0.05) is 31.6 Å². The van der Waals surface area contributed by atoms with Gasteiger partial charge in [-0.05, 0) is 46.5 Å². The molecule has 0 aliphatic rings. The molecule has 0 saturated carbocycles. The molecule has 0 aromatic carbocycles. The van der Waals surface area contributed by atoms with E-state index in [0.717, 1.165) is 24.6 Å². The van der Waals surface area contributed by atoms with E-state index in [1.54, 1.807) is 0 Å². The standard InChI is InChI=1S/C15H33NO3Si/c1-7-17-20(18-8-2,19-9-3)11-10-15(16)14(6)12-13(4)5/h13H,7-12,16H2,1-6H3/b15-14-. The summed E-state index contributed by atoms with van der Waals surface area (Å²) in [4.78, 5) is 0. The van der Waals surface area contributed by atoms with E-state index in [0.29, 0.717) is 25.7 Å². The van der Waals surface area contributed by atoms with E-state index in [-0.39, 0.29) is 0 Å². The van der Waals surface area contributed by atoms with Crippen molar-refractivity contribution in [3.63, 3.8) is 0 Å². The fraction of sp³-hybridized carbons (Fsp3) is 0.867. The quantitative estimate of drug-likeness (QED) is 0.591.